The number of aliphatic hydroxyl groups excluding tert-OH is 1. The normalized spacial score (nSPS) is 23.9. The number of aliphatic hydroxyl groups is 1. The predicted molar refractivity (Wildman–Crippen MR) is 52.4 cm³/mol. The number of nitrogen functional groups attached to an aromatic ring is 1. The zero-order valence-electron chi connectivity index (χ0n) is 7.31. The van der Waals surface area contributed by atoms with Gasteiger partial charge in [0.05, 0.1) is 6.10 Å². The average Bonchev–Trinajstić information content (AvgIpc) is 2.62. The maximum absolute atomic E-state index is 9.30. The van der Waals surface area contributed by atoms with Gasteiger partial charge in [-0.15, -0.1) is 11.3 Å². The van der Waals surface area contributed by atoms with E-state index in [1.165, 1.54) is 16.2 Å². The Bertz CT molecular complexity index is 289. The summed E-state index contributed by atoms with van der Waals surface area (Å²) in [7, 11) is 0. The van der Waals surface area contributed by atoms with Crippen LogP contribution in [0.4, 0.5) is 5.13 Å². The fourth-order valence-corrected chi connectivity index (χ4v) is 2.30. The van der Waals surface area contributed by atoms with E-state index in [0.29, 0.717) is 5.13 Å². The van der Waals surface area contributed by atoms with Crippen LogP contribution in [0.15, 0.2) is 6.20 Å². The van der Waals surface area contributed by atoms with Crippen molar-refractivity contribution in [2.75, 3.05) is 18.8 Å². The van der Waals surface area contributed by atoms with Crippen molar-refractivity contribution in [3.63, 3.8) is 0 Å². The van der Waals surface area contributed by atoms with Gasteiger partial charge in [0.25, 0.3) is 0 Å². The average molecular weight is 199 g/mol. The van der Waals surface area contributed by atoms with E-state index in [2.05, 4.69) is 9.88 Å². The second kappa shape index (κ2) is 3.61. The predicted octanol–water partition coefficient (Wildman–Crippen LogP) is 0.292. The van der Waals surface area contributed by atoms with E-state index in [0.717, 1.165) is 26.1 Å². The molecule has 1 fully saturated rings. The van der Waals surface area contributed by atoms with Gasteiger partial charge in [-0.2, -0.15) is 0 Å². The van der Waals surface area contributed by atoms with Crippen LogP contribution in [0, 0.1) is 0 Å². The zero-order chi connectivity index (χ0) is 9.26. The Balaban J connectivity index is 1.91. The molecule has 5 heteroatoms. The first kappa shape index (κ1) is 8.93. The Morgan fingerprint density at radius 3 is 3.15 bits per heavy atom. The standard InChI is InChI=1S/C8H13N3OS/c9-8-10-3-7(13-8)5-11-2-1-6(12)4-11/h3,6,12H,1-2,4-5H2,(H2,9,10). The van der Waals surface area contributed by atoms with Crippen molar-refractivity contribution >= 4 is 16.5 Å². The Kier molecular flexibility index (Phi) is 2.48. The number of anilines is 1. The lowest BCUT2D eigenvalue weighted by atomic mass is 10.3. The fourth-order valence-electron chi connectivity index (χ4n) is 1.57. The molecule has 1 aromatic heterocycles. The van der Waals surface area contributed by atoms with Crippen LogP contribution in [-0.4, -0.2) is 34.2 Å². The third-order valence-corrected chi connectivity index (χ3v) is 3.01. The summed E-state index contributed by atoms with van der Waals surface area (Å²) in [6.45, 7) is 2.61. The van der Waals surface area contributed by atoms with Crippen molar-refractivity contribution in [3.8, 4) is 0 Å². The van der Waals surface area contributed by atoms with E-state index in [9.17, 15) is 5.11 Å². The summed E-state index contributed by atoms with van der Waals surface area (Å²) < 4.78 is 0. The molecule has 1 aliphatic rings. The quantitative estimate of drug-likeness (QED) is 0.718. The van der Waals surface area contributed by atoms with Crippen LogP contribution in [0.3, 0.4) is 0 Å². The van der Waals surface area contributed by atoms with Crippen molar-refractivity contribution in [1.29, 1.82) is 0 Å². The molecule has 4 nitrogen and oxygen atoms in total. The monoisotopic (exact) mass is 199 g/mol. The zero-order valence-corrected chi connectivity index (χ0v) is 8.13. The highest BCUT2D eigenvalue weighted by molar-refractivity contribution is 7.15. The number of aromatic nitrogens is 1. The van der Waals surface area contributed by atoms with Gasteiger partial charge in [0, 0.05) is 30.7 Å². The Morgan fingerprint density at radius 2 is 2.62 bits per heavy atom. The largest absolute Gasteiger partial charge is 0.392 e. The summed E-state index contributed by atoms with van der Waals surface area (Å²) in [6.07, 6.45) is 2.55. The minimum atomic E-state index is -0.148. The van der Waals surface area contributed by atoms with Crippen molar-refractivity contribution in [2.24, 2.45) is 0 Å². The molecule has 0 aliphatic carbocycles. The summed E-state index contributed by atoms with van der Waals surface area (Å²) >= 11 is 1.52. The van der Waals surface area contributed by atoms with Gasteiger partial charge in [-0.3, -0.25) is 4.90 Å². The van der Waals surface area contributed by atoms with E-state index in [1.807, 2.05) is 6.20 Å². The maximum atomic E-state index is 9.30. The third-order valence-electron chi connectivity index (χ3n) is 2.20. The number of nitrogens with zero attached hydrogens (tertiary/aromatic N) is 2. The van der Waals surface area contributed by atoms with E-state index < -0.39 is 0 Å². The van der Waals surface area contributed by atoms with Crippen molar-refractivity contribution in [3.05, 3.63) is 11.1 Å². The van der Waals surface area contributed by atoms with Gasteiger partial charge in [-0.05, 0) is 6.42 Å². The molecule has 13 heavy (non-hydrogen) atoms. The number of β-amino-alcohol motifs (C(OH)–C–C–N with tert-alkyl or cyclic N) is 1. The number of hydrogen-bond donors (Lipinski definition) is 2. The molecule has 0 bridgehead atoms. The molecule has 2 rings (SSSR count). The molecule has 0 saturated carbocycles. The Morgan fingerprint density at radius 1 is 1.77 bits per heavy atom. The van der Waals surface area contributed by atoms with Crippen LogP contribution in [0.25, 0.3) is 0 Å². The molecule has 0 aromatic carbocycles. The summed E-state index contributed by atoms with van der Waals surface area (Å²) in [4.78, 5) is 7.38. The molecule has 0 amide bonds. The highest BCUT2D eigenvalue weighted by atomic mass is 32.1. The summed E-state index contributed by atoms with van der Waals surface area (Å²) in [6, 6.07) is 0. The molecule has 1 aliphatic heterocycles. The second-order valence-corrected chi connectivity index (χ2v) is 4.49. The van der Waals surface area contributed by atoms with E-state index in [4.69, 9.17) is 5.73 Å². The number of hydrogen-bond acceptors (Lipinski definition) is 5. The molecular formula is C8H13N3OS. The van der Waals surface area contributed by atoms with Crippen molar-refractivity contribution in [2.45, 2.75) is 19.1 Å². The number of rotatable bonds is 2. The summed E-state index contributed by atoms with van der Waals surface area (Å²) in [5.41, 5.74) is 5.52. The van der Waals surface area contributed by atoms with Gasteiger partial charge >= 0.3 is 0 Å². The maximum Gasteiger partial charge on any atom is 0.180 e. The summed E-state index contributed by atoms with van der Waals surface area (Å²) in [5, 5.41) is 9.92. The first-order valence-electron chi connectivity index (χ1n) is 4.34. The molecule has 0 radical (unpaired) electrons. The highest BCUT2D eigenvalue weighted by Gasteiger charge is 2.20. The lowest BCUT2D eigenvalue weighted by molar-refractivity contribution is 0.175. The van der Waals surface area contributed by atoms with Gasteiger partial charge in [0.1, 0.15) is 0 Å². The van der Waals surface area contributed by atoms with Crippen LogP contribution < -0.4 is 5.73 Å². The number of likely N-dealkylation sites (tertiary alicyclic amines) is 1. The molecule has 1 unspecified atom stereocenters. The molecule has 3 N–H and O–H groups in total. The lowest BCUT2D eigenvalue weighted by Gasteiger charge is -2.12. The molecule has 1 atom stereocenters. The van der Waals surface area contributed by atoms with Gasteiger partial charge in [0.15, 0.2) is 5.13 Å². The van der Waals surface area contributed by atoms with Gasteiger partial charge < -0.3 is 10.8 Å². The van der Waals surface area contributed by atoms with Gasteiger partial charge in [-0.25, -0.2) is 4.98 Å². The first-order valence-corrected chi connectivity index (χ1v) is 5.16. The molecule has 1 saturated heterocycles. The van der Waals surface area contributed by atoms with E-state index >= 15 is 0 Å². The van der Waals surface area contributed by atoms with Crippen LogP contribution in [-0.2, 0) is 6.54 Å². The van der Waals surface area contributed by atoms with Crippen LogP contribution in [0.5, 0.6) is 0 Å². The van der Waals surface area contributed by atoms with E-state index in [-0.39, 0.29) is 6.10 Å². The number of nitrogens with two attached hydrogens (primary N) is 1. The molecule has 0 spiro atoms. The van der Waals surface area contributed by atoms with E-state index in [1.54, 1.807) is 0 Å². The van der Waals surface area contributed by atoms with Gasteiger partial charge in [-0.1, -0.05) is 0 Å². The fraction of sp³-hybridized carbons (Fsp3) is 0.625. The minimum Gasteiger partial charge on any atom is -0.392 e. The van der Waals surface area contributed by atoms with Crippen molar-refractivity contribution < 1.29 is 5.11 Å². The van der Waals surface area contributed by atoms with Crippen LogP contribution in [0.1, 0.15) is 11.3 Å². The minimum absolute atomic E-state index is 0.148. The van der Waals surface area contributed by atoms with Crippen LogP contribution >= 0.6 is 11.3 Å². The third kappa shape index (κ3) is 2.18. The molecule has 1 aromatic rings. The topological polar surface area (TPSA) is 62.4 Å². The highest BCUT2D eigenvalue weighted by Crippen LogP contribution is 2.19. The summed E-state index contributed by atoms with van der Waals surface area (Å²) in [5.74, 6) is 0. The van der Waals surface area contributed by atoms with Crippen LogP contribution in [0.2, 0.25) is 0 Å². The molecule has 2 heterocycles. The second-order valence-electron chi connectivity index (χ2n) is 3.34. The van der Waals surface area contributed by atoms with Gasteiger partial charge in [0.2, 0.25) is 0 Å². The first-order chi connectivity index (χ1) is 6.24. The van der Waals surface area contributed by atoms with Crippen molar-refractivity contribution in [1.82, 2.24) is 9.88 Å². The number of thiazole rings is 1. The lowest BCUT2D eigenvalue weighted by Crippen LogP contribution is -2.20. The Hall–Kier alpha value is -0.650. The SMILES string of the molecule is Nc1ncc(CN2CCC(O)C2)s1. The smallest absolute Gasteiger partial charge is 0.180 e. The molecule has 72 valence electrons. The Labute approximate surface area is 81.0 Å². The molecular weight excluding hydrogens is 186 g/mol.